The van der Waals surface area contributed by atoms with Crippen molar-refractivity contribution in [3.8, 4) is 0 Å². The fraction of sp³-hybridized carbons (Fsp3) is 0.500. The molecule has 130 valence electrons. The number of urea groups is 1. The van der Waals surface area contributed by atoms with Crippen LogP contribution in [-0.2, 0) is 11.2 Å². The topological polar surface area (TPSA) is 114 Å². The van der Waals surface area contributed by atoms with E-state index >= 15 is 0 Å². The number of piperazine rings is 1. The number of nitrogens with two attached hydrogens (primary N) is 2. The van der Waals surface area contributed by atoms with Crippen LogP contribution in [0.25, 0.3) is 0 Å². The van der Waals surface area contributed by atoms with Crippen LogP contribution in [0.5, 0.6) is 0 Å². The smallest absolute Gasteiger partial charge is 0.315 e. The summed E-state index contributed by atoms with van der Waals surface area (Å²) in [6.07, 6.45) is 0.692. The number of nitrogens with one attached hydrogen (secondary N) is 1. The Morgan fingerprint density at radius 3 is 2.46 bits per heavy atom. The Morgan fingerprint density at radius 2 is 1.92 bits per heavy atom. The van der Waals surface area contributed by atoms with Crippen molar-refractivity contribution in [1.29, 1.82) is 0 Å². The molecule has 3 amide bonds. The maximum atomic E-state index is 11.7. The van der Waals surface area contributed by atoms with Crippen LogP contribution in [-0.4, -0.2) is 66.7 Å². The summed E-state index contributed by atoms with van der Waals surface area (Å²) in [6, 6.07) is 7.30. The number of nitrogens with zero attached hydrogens (tertiary/aromatic N) is 2. The molecule has 8 heteroatoms. The highest BCUT2D eigenvalue weighted by Crippen LogP contribution is 2.20. The van der Waals surface area contributed by atoms with Crippen LogP contribution in [0.15, 0.2) is 24.3 Å². The first-order valence-electron chi connectivity index (χ1n) is 8.06. The molecule has 1 aromatic carbocycles. The summed E-state index contributed by atoms with van der Waals surface area (Å²) in [6.45, 7) is 3.74. The Morgan fingerprint density at radius 1 is 1.21 bits per heavy atom. The van der Waals surface area contributed by atoms with Crippen LogP contribution < -0.4 is 17.0 Å². The second-order valence-electron chi connectivity index (χ2n) is 6.25. The van der Waals surface area contributed by atoms with Crippen LogP contribution in [0.2, 0.25) is 0 Å². The highest BCUT2D eigenvalue weighted by Gasteiger charge is 2.35. The Bertz CT molecular complexity index is 602. The number of nitrogen functional groups attached to an aromatic ring is 1. The molecular weight excluding hydrogens is 310 g/mol. The minimum absolute atomic E-state index is 0.0195. The van der Waals surface area contributed by atoms with Gasteiger partial charge in [-0.2, -0.15) is 0 Å². The maximum absolute atomic E-state index is 11.7. The molecule has 0 bridgehead atoms. The molecule has 3 rings (SSSR count). The zero-order chi connectivity index (χ0) is 17.1. The minimum atomic E-state index is -0.386. The number of hydrazine groups is 1. The molecule has 0 aromatic heterocycles. The van der Waals surface area contributed by atoms with Crippen molar-refractivity contribution in [1.82, 2.24) is 15.2 Å². The average molecular weight is 333 g/mol. The largest absolute Gasteiger partial charge is 0.378 e. The van der Waals surface area contributed by atoms with E-state index in [0.717, 1.165) is 31.9 Å². The highest BCUT2D eigenvalue weighted by molar-refractivity contribution is 5.93. The standard InChI is InChI=1S/C16H23N5O3/c17-16(23)21-6-5-20(14-9-24-10-14)8-13(21)7-11-1-3-12(4-2-11)15(22)19-18/h1-4,13-14H,5-10,18H2,(H2,17,23)(H,19,22). The van der Waals surface area contributed by atoms with Gasteiger partial charge in [-0.3, -0.25) is 15.1 Å². The van der Waals surface area contributed by atoms with E-state index in [1.807, 2.05) is 12.1 Å². The zero-order valence-electron chi connectivity index (χ0n) is 13.5. The Labute approximate surface area is 140 Å². The molecule has 0 radical (unpaired) electrons. The van der Waals surface area contributed by atoms with Crippen molar-refractivity contribution in [3.05, 3.63) is 35.4 Å². The van der Waals surface area contributed by atoms with Crippen LogP contribution in [0.3, 0.4) is 0 Å². The van der Waals surface area contributed by atoms with Gasteiger partial charge in [-0.25, -0.2) is 10.6 Å². The molecule has 5 N–H and O–H groups in total. The van der Waals surface area contributed by atoms with Crippen LogP contribution in [0, 0.1) is 0 Å². The van der Waals surface area contributed by atoms with E-state index in [-0.39, 0.29) is 18.0 Å². The van der Waals surface area contributed by atoms with Gasteiger partial charge in [0, 0.05) is 25.2 Å². The Kier molecular flexibility index (Phi) is 4.98. The number of hydrogen-bond donors (Lipinski definition) is 3. The highest BCUT2D eigenvalue weighted by atomic mass is 16.5. The van der Waals surface area contributed by atoms with E-state index in [1.54, 1.807) is 17.0 Å². The summed E-state index contributed by atoms with van der Waals surface area (Å²) in [5.74, 6) is 4.81. The zero-order valence-corrected chi connectivity index (χ0v) is 13.5. The quantitative estimate of drug-likeness (QED) is 0.383. The fourth-order valence-corrected chi connectivity index (χ4v) is 3.26. The number of benzene rings is 1. The molecule has 2 saturated heterocycles. The first kappa shape index (κ1) is 16.7. The first-order chi connectivity index (χ1) is 11.6. The van der Waals surface area contributed by atoms with Crippen molar-refractivity contribution >= 4 is 11.9 Å². The van der Waals surface area contributed by atoms with Gasteiger partial charge >= 0.3 is 6.03 Å². The lowest BCUT2D eigenvalue weighted by molar-refractivity contribution is -0.0813. The molecule has 1 aromatic rings. The number of primary amides is 1. The fourth-order valence-electron chi connectivity index (χ4n) is 3.26. The summed E-state index contributed by atoms with van der Waals surface area (Å²) in [5.41, 5.74) is 9.20. The Balaban J connectivity index is 1.69. The number of carbonyl (C=O) groups is 2. The molecule has 1 unspecified atom stereocenters. The second-order valence-corrected chi connectivity index (χ2v) is 6.25. The summed E-state index contributed by atoms with van der Waals surface area (Å²) in [5, 5.41) is 0. The van der Waals surface area contributed by atoms with Crippen LogP contribution in [0.1, 0.15) is 15.9 Å². The second kappa shape index (κ2) is 7.16. The number of carbonyl (C=O) groups excluding carboxylic acids is 2. The summed E-state index contributed by atoms with van der Waals surface area (Å²) in [7, 11) is 0. The number of rotatable bonds is 4. The van der Waals surface area contributed by atoms with E-state index in [4.69, 9.17) is 16.3 Å². The molecule has 0 spiro atoms. The van der Waals surface area contributed by atoms with Gasteiger partial charge in [-0.15, -0.1) is 0 Å². The molecule has 2 fully saturated rings. The van der Waals surface area contributed by atoms with Gasteiger partial charge in [-0.05, 0) is 24.1 Å². The lowest BCUT2D eigenvalue weighted by Crippen LogP contribution is -2.62. The third-order valence-electron chi connectivity index (χ3n) is 4.75. The van der Waals surface area contributed by atoms with Crippen molar-refractivity contribution in [2.24, 2.45) is 11.6 Å². The lowest BCUT2D eigenvalue weighted by Gasteiger charge is -2.46. The molecular formula is C16H23N5O3. The predicted octanol–water partition coefficient (Wildman–Crippen LogP) is -0.704. The molecule has 1 atom stereocenters. The molecule has 8 nitrogen and oxygen atoms in total. The number of amides is 3. The van der Waals surface area contributed by atoms with Gasteiger partial charge in [0.15, 0.2) is 0 Å². The van der Waals surface area contributed by atoms with Crippen LogP contribution >= 0.6 is 0 Å². The van der Waals surface area contributed by atoms with E-state index in [0.29, 0.717) is 24.6 Å². The summed E-state index contributed by atoms with van der Waals surface area (Å²) < 4.78 is 5.27. The van der Waals surface area contributed by atoms with Gasteiger partial charge in [0.05, 0.1) is 25.3 Å². The summed E-state index contributed by atoms with van der Waals surface area (Å²) in [4.78, 5) is 27.3. The third-order valence-corrected chi connectivity index (χ3v) is 4.75. The van der Waals surface area contributed by atoms with Crippen molar-refractivity contribution in [2.75, 3.05) is 32.8 Å². The number of ether oxygens (including phenoxy) is 1. The average Bonchev–Trinajstić information content (AvgIpc) is 2.53. The lowest BCUT2D eigenvalue weighted by atomic mass is 9.99. The molecule has 2 aliphatic rings. The van der Waals surface area contributed by atoms with Gasteiger partial charge in [0.2, 0.25) is 0 Å². The van der Waals surface area contributed by atoms with E-state index in [2.05, 4.69) is 10.3 Å². The molecule has 24 heavy (non-hydrogen) atoms. The van der Waals surface area contributed by atoms with E-state index in [1.165, 1.54) is 0 Å². The molecule has 0 saturated carbocycles. The Hall–Kier alpha value is -2.16. The summed E-state index contributed by atoms with van der Waals surface area (Å²) >= 11 is 0. The van der Waals surface area contributed by atoms with Crippen molar-refractivity contribution in [2.45, 2.75) is 18.5 Å². The van der Waals surface area contributed by atoms with Gasteiger partial charge < -0.3 is 15.4 Å². The van der Waals surface area contributed by atoms with Gasteiger partial charge in [-0.1, -0.05) is 12.1 Å². The molecule has 2 aliphatic heterocycles. The molecule has 0 aliphatic carbocycles. The minimum Gasteiger partial charge on any atom is -0.378 e. The van der Waals surface area contributed by atoms with Crippen LogP contribution in [0.4, 0.5) is 4.79 Å². The van der Waals surface area contributed by atoms with E-state index < -0.39 is 0 Å². The van der Waals surface area contributed by atoms with Gasteiger partial charge in [0.1, 0.15) is 0 Å². The SMILES string of the molecule is NNC(=O)c1ccc(CC2CN(C3COC3)CCN2C(N)=O)cc1. The normalized spacial score (nSPS) is 22.0. The van der Waals surface area contributed by atoms with Crippen molar-refractivity contribution < 1.29 is 14.3 Å². The first-order valence-corrected chi connectivity index (χ1v) is 8.06. The maximum Gasteiger partial charge on any atom is 0.315 e. The molecule has 2 heterocycles. The third kappa shape index (κ3) is 3.50. The monoisotopic (exact) mass is 333 g/mol. The van der Waals surface area contributed by atoms with E-state index in [9.17, 15) is 9.59 Å². The predicted molar refractivity (Wildman–Crippen MR) is 88.1 cm³/mol. The number of hydrogen-bond acceptors (Lipinski definition) is 5. The van der Waals surface area contributed by atoms with Crippen molar-refractivity contribution in [3.63, 3.8) is 0 Å². The van der Waals surface area contributed by atoms with Gasteiger partial charge in [0.25, 0.3) is 5.91 Å².